The number of thiophene rings is 1. The number of carbonyl (C=O) groups is 2. The lowest BCUT2D eigenvalue weighted by Crippen LogP contribution is -2.35. The summed E-state index contributed by atoms with van der Waals surface area (Å²) in [5.74, 6) is -0.265. The van der Waals surface area contributed by atoms with Crippen LogP contribution >= 0.6 is 22.9 Å². The summed E-state index contributed by atoms with van der Waals surface area (Å²) in [4.78, 5) is 30.5. The summed E-state index contributed by atoms with van der Waals surface area (Å²) in [5.41, 5.74) is 3.61. The van der Waals surface area contributed by atoms with Crippen molar-refractivity contribution in [2.75, 3.05) is 31.5 Å². The Balaban J connectivity index is 1.41. The van der Waals surface area contributed by atoms with E-state index in [-0.39, 0.29) is 11.8 Å². The Bertz CT molecular complexity index is 1100. The van der Waals surface area contributed by atoms with E-state index in [4.69, 9.17) is 11.6 Å². The highest BCUT2D eigenvalue weighted by molar-refractivity contribution is 7.12. The van der Waals surface area contributed by atoms with Crippen molar-refractivity contribution in [3.8, 4) is 0 Å². The van der Waals surface area contributed by atoms with Crippen LogP contribution in [0.4, 0.5) is 5.69 Å². The number of benzene rings is 2. The molecule has 0 saturated carbocycles. The molecule has 2 aromatic carbocycles. The van der Waals surface area contributed by atoms with E-state index in [0.717, 1.165) is 26.1 Å². The van der Waals surface area contributed by atoms with Crippen LogP contribution in [0.2, 0.25) is 5.02 Å². The molecule has 0 unspecified atom stereocenters. The number of hydrogen-bond donors (Lipinski definition) is 1. The second-order valence-electron chi connectivity index (χ2n) is 7.97. The summed E-state index contributed by atoms with van der Waals surface area (Å²) >= 11 is 7.64. The van der Waals surface area contributed by atoms with Gasteiger partial charge in [-0.1, -0.05) is 41.9 Å². The quantitative estimate of drug-likeness (QED) is 0.553. The summed E-state index contributed by atoms with van der Waals surface area (Å²) in [7, 11) is 0. The van der Waals surface area contributed by atoms with Crippen molar-refractivity contribution in [1.29, 1.82) is 0 Å². The van der Waals surface area contributed by atoms with Crippen molar-refractivity contribution >= 4 is 40.4 Å². The molecule has 2 heterocycles. The smallest absolute Gasteiger partial charge is 0.265 e. The van der Waals surface area contributed by atoms with E-state index < -0.39 is 0 Å². The summed E-state index contributed by atoms with van der Waals surface area (Å²) in [5, 5.41) is 5.08. The fraction of sp³-hybridized carbons (Fsp3) is 0.280. The Labute approximate surface area is 197 Å². The summed E-state index contributed by atoms with van der Waals surface area (Å²) in [6.45, 7) is 6.20. The molecule has 166 valence electrons. The highest BCUT2D eigenvalue weighted by Crippen LogP contribution is 2.25. The van der Waals surface area contributed by atoms with Crippen LogP contribution in [0.1, 0.15) is 37.6 Å². The lowest BCUT2D eigenvalue weighted by molar-refractivity contribution is 0.0760. The number of hydrogen-bond acceptors (Lipinski definition) is 4. The third kappa shape index (κ3) is 5.38. The lowest BCUT2D eigenvalue weighted by atomic mass is 10.1. The van der Waals surface area contributed by atoms with Gasteiger partial charge in [0.25, 0.3) is 11.8 Å². The molecule has 0 bridgehead atoms. The maximum Gasteiger partial charge on any atom is 0.265 e. The van der Waals surface area contributed by atoms with Gasteiger partial charge in [-0.3, -0.25) is 14.5 Å². The lowest BCUT2D eigenvalue weighted by Gasteiger charge is -2.23. The predicted octanol–water partition coefficient (Wildman–Crippen LogP) is 5.31. The second-order valence-corrected chi connectivity index (χ2v) is 9.33. The minimum absolute atomic E-state index is 0.0361. The molecule has 0 aliphatic carbocycles. The van der Waals surface area contributed by atoms with Crippen molar-refractivity contribution in [3.63, 3.8) is 0 Å². The van der Waals surface area contributed by atoms with E-state index in [2.05, 4.69) is 41.4 Å². The number of anilines is 1. The fourth-order valence-electron chi connectivity index (χ4n) is 3.89. The maximum atomic E-state index is 13.2. The van der Waals surface area contributed by atoms with Gasteiger partial charge in [-0.15, -0.1) is 11.3 Å². The largest absolute Gasteiger partial charge is 0.337 e. The first-order chi connectivity index (χ1) is 15.5. The Morgan fingerprint density at radius 3 is 2.66 bits per heavy atom. The first kappa shape index (κ1) is 22.5. The van der Waals surface area contributed by atoms with Gasteiger partial charge < -0.3 is 10.2 Å². The minimum atomic E-state index is -0.229. The molecule has 1 N–H and O–H groups in total. The predicted molar refractivity (Wildman–Crippen MR) is 131 cm³/mol. The van der Waals surface area contributed by atoms with Crippen LogP contribution in [0, 0.1) is 6.92 Å². The molecular weight excluding hydrogens is 442 g/mol. The molecule has 0 radical (unpaired) electrons. The van der Waals surface area contributed by atoms with E-state index >= 15 is 0 Å². The van der Waals surface area contributed by atoms with E-state index in [0.29, 0.717) is 34.2 Å². The van der Waals surface area contributed by atoms with Crippen LogP contribution in [0.25, 0.3) is 0 Å². The summed E-state index contributed by atoms with van der Waals surface area (Å²) < 4.78 is 0. The molecule has 7 heteroatoms. The average molecular weight is 468 g/mol. The Kier molecular flexibility index (Phi) is 7.25. The monoisotopic (exact) mass is 467 g/mol. The van der Waals surface area contributed by atoms with Gasteiger partial charge in [0.05, 0.1) is 15.6 Å². The molecular formula is C25H26ClN3O2S. The number of carbonyl (C=O) groups excluding carboxylic acids is 2. The van der Waals surface area contributed by atoms with Gasteiger partial charge in [-0.2, -0.15) is 0 Å². The number of nitrogens with zero attached hydrogens (tertiary/aromatic N) is 2. The standard InChI is InChI=1S/C25H26ClN3O2S/c1-18-6-2-3-7-20(18)17-28-11-5-12-29(14-13-28)25(31)19-9-10-21(26)22(16-19)27-24(30)23-8-4-15-32-23/h2-4,6-10,15-16H,5,11-14,17H2,1H3,(H,27,30). The first-order valence-corrected chi connectivity index (χ1v) is 12.0. The Morgan fingerprint density at radius 2 is 1.88 bits per heavy atom. The number of rotatable bonds is 5. The van der Waals surface area contributed by atoms with Crippen molar-refractivity contribution in [1.82, 2.24) is 9.80 Å². The van der Waals surface area contributed by atoms with E-state index in [9.17, 15) is 9.59 Å². The van der Waals surface area contributed by atoms with Crippen molar-refractivity contribution in [2.24, 2.45) is 0 Å². The van der Waals surface area contributed by atoms with Gasteiger partial charge in [0, 0.05) is 38.3 Å². The fourth-order valence-corrected chi connectivity index (χ4v) is 4.67. The molecule has 0 spiro atoms. The molecule has 1 aliphatic heterocycles. The number of aryl methyl sites for hydroxylation is 1. The molecule has 3 aromatic rings. The van der Waals surface area contributed by atoms with Crippen LogP contribution in [0.15, 0.2) is 60.0 Å². The van der Waals surface area contributed by atoms with Gasteiger partial charge >= 0.3 is 0 Å². The van der Waals surface area contributed by atoms with Gasteiger partial charge in [-0.05, 0) is 54.1 Å². The number of halogens is 1. The molecule has 2 amide bonds. The van der Waals surface area contributed by atoms with Crippen LogP contribution in [-0.2, 0) is 6.54 Å². The zero-order valence-corrected chi connectivity index (χ0v) is 19.6. The SMILES string of the molecule is Cc1ccccc1CN1CCCN(C(=O)c2ccc(Cl)c(NC(=O)c3cccs3)c2)CC1. The van der Waals surface area contributed by atoms with E-state index in [1.54, 1.807) is 24.3 Å². The highest BCUT2D eigenvalue weighted by Gasteiger charge is 2.22. The minimum Gasteiger partial charge on any atom is -0.337 e. The molecule has 32 heavy (non-hydrogen) atoms. The van der Waals surface area contributed by atoms with Crippen LogP contribution in [-0.4, -0.2) is 47.8 Å². The molecule has 1 aromatic heterocycles. The van der Waals surface area contributed by atoms with Gasteiger partial charge in [0.2, 0.25) is 0 Å². The van der Waals surface area contributed by atoms with Crippen LogP contribution in [0.3, 0.4) is 0 Å². The zero-order valence-electron chi connectivity index (χ0n) is 18.0. The second kappa shape index (κ2) is 10.3. The zero-order chi connectivity index (χ0) is 22.5. The molecule has 1 fully saturated rings. The van der Waals surface area contributed by atoms with Gasteiger partial charge in [0.15, 0.2) is 0 Å². The average Bonchev–Trinajstić information content (AvgIpc) is 3.24. The molecule has 0 atom stereocenters. The molecule has 1 saturated heterocycles. The molecule has 5 nitrogen and oxygen atoms in total. The number of nitrogens with one attached hydrogen (secondary N) is 1. The Hall–Kier alpha value is -2.67. The molecule has 1 aliphatic rings. The topological polar surface area (TPSA) is 52.6 Å². The summed E-state index contributed by atoms with van der Waals surface area (Å²) in [6, 6.07) is 17.1. The van der Waals surface area contributed by atoms with E-state index in [1.165, 1.54) is 22.5 Å². The third-order valence-electron chi connectivity index (χ3n) is 5.74. The van der Waals surface area contributed by atoms with Gasteiger partial charge in [-0.25, -0.2) is 0 Å². The normalized spacial score (nSPS) is 14.8. The highest BCUT2D eigenvalue weighted by atomic mass is 35.5. The van der Waals surface area contributed by atoms with Crippen LogP contribution < -0.4 is 5.32 Å². The van der Waals surface area contributed by atoms with Crippen molar-refractivity contribution in [2.45, 2.75) is 19.9 Å². The van der Waals surface area contributed by atoms with Crippen molar-refractivity contribution < 1.29 is 9.59 Å². The first-order valence-electron chi connectivity index (χ1n) is 10.7. The molecule has 4 rings (SSSR count). The third-order valence-corrected chi connectivity index (χ3v) is 6.94. The van der Waals surface area contributed by atoms with E-state index in [1.807, 2.05) is 16.3 Å². The number of amides is 2. The summed E-state index contributed by atoms with van der Waals surface area (Å²) in [6.07, 6.45) is 0.924. The van der Waals surface area contributed by atoms with Gasteiger partial charge in [0.1, 0.15) is 0 Å². The van der Waals surface area contributed by atoms with Crippen molar-refractivity contribution in [3.05, 3.63) is 86.6 Å². The Morgan fingerprint density at radius 1 is 1.03 bits per heavy atom. The maximum absolute atomic E-state index is 13.2. The van der Waals surface area contributed by atoms with Crippen LogP contribution in [0.5, 0.6) is 0 Å².